The molecule has 0 radical (unpaired) electrons. The van der Waals surface area contributed by atoms with E-state index in [1.54, 1.807) is 55.4 Å². The van der Waals surface area contributed by atoms with E-state index in [2.05, 4.69) is 156 Å². The molecular weight excluding hydrogens is 802 g/mol. The van der Waals surface area contributed by atoms with E-state index in [0.717, 1.165) is 0 Å². The van der Waals surface area contributed by atoms with E-state index in [0.29, 0.717) is 35.1 Å². The zero-order valence-electron chi connectivity index (χ0n) is 45.6. The summed E-state index contributed by atoms with van der Waals surface area (Å²) in [7, 11) is 0. The highest BCUT2D eigenvalue weighted by atomic mass is 14.5. The monoisotopic (exact) mass is 899 g/mol. The van der Waals surface area contributed by atoms with Gasteiger partial charge in [-0.25, -0.2) is 0 Å². The SMILES string of the molecule is CCCCCCc1cc(CCCCCC)cc(C2(c3cc(CCCCCC)cc(CCCCCC)c3)c3cc(B4CC(C)(C)C(C)(C)C4)ccc3-c3ccc(B4CC(C)(C)C(C)(C)C4)cc32)c1. The van der Waals surface area contributed by atoms with Crippen LogP contribution in [0.15, 0.2) is 72.8 Å². The molecule has 2 heterocycles. The Morgan fingerprint density at radius 2 is 0.627 bits per heavy atom. The number of fused-ring (bicyclic) bond motifs is 3. The molecule has 2 saturated heterocycles. The molecule has 67 heavy (non-hydrogen) atoms. The quantitative estimate of drug-likeness (QED) is 0.0428. The average molecular weight is 899 g/mol. The molecule has 7 rings (SSSR count). The van der Waals surface area contributed by atoms with Crippen molar-refractivity contribution in [2.45, 2.75) is 242 Å². The number of hydrogen-bond acceptors (Lipinski definition) is 0. The average Bonchev–Trinajstić information content (AvgIpc) is 3.80. The van der Waals surface area contributed by atoms with Gasteiger partial charge in [0.25, 0.3) is 0 Å². The number of benzene rings is 4. The molecule has 2 aliphatic heterocycles. The first-order chi connectivity index (χ1) is 32.0. The first-order valence-electron chi connectivity index (χ1n) is 28.6. The first kappa shape index (κ1) is 51.8. The molecule has 4 aromatic carbocycles. The number of aryl methyl sites for hydroxylation is 4. The third-order valence-electron chi connectivity index (χ3n) is 19.1. The van der Waals surface area contributed by atoms with Gasteiger partial charge in [-0.15, -0.1) is 0 Å². The zero-order chi connectivity index (χ0) is 48.0. The van der Waals surface area contributed by atoms with Crippen LogP contribution in [-0.2, 0) is 31.1 Å². The lowest BCUT2D eigenvalue weighted by Gasteiger charge is -2.36. The van der Waals surface area contributed by atoms with E-state index in [9.17, 15) is 0 Å². The minimum Gasteiger partial charge on any atom is -0.0797 e. The lowest BCUT2D eigenvalue weighted by atomic mass is 9.41. The second kappa shape index (κ2) is 22.0. The summed E-state index contributed by atoms with van der Waals surface area (Å²) in [6, 6.07) is 32.2. The second-order valence-electron chi connectivity index (χ2n) is 25.4. The minimum absolute atomic E-state index is 0.298. The maximum absolute atomic E-state index is 2.79. The van der Waals surface area contributed by atoms with Crippen LogP contribution < -0.4 is 10.9 Å². The molecule has 0 unspecified atom stereocenters. The number of rotatable bonds is 24. The molecule has 1 aliphatic carbocycles. The molecule has 4 aromatic rings. The minimum atomic E-state index is -0.404. The Balaban J connectivity index is 1.54. The molecule has 0 amide bonds. The van der Waals surface area contributed by atoms with Gasteiger partial charge in [0.15, 0.2) is 13.4 Å². The fourth-order valence-electron chi connectivity index (χ4n) is 13.4. The predicted octanol–water partition coefficient (Wildman–Crippen LogP) is 18.1. The predicted molar refractivity (Wildman–Crippen MR) is 300 cm³/mol. The summed E-state index contributed by atoms with van der Waals surface area (Å²) >= 11 is 0. The smallest absolute Gasteiger partial charge is 0.0797 e. The molecule has 0 atom stereocenters. The molecule has 0 saturated carbocycles. The van der Waals surface area contributed by atoms with E-state index < -0.39 is 5.41 Å². The van der Waals surface area contributed by atoms with Crippen LogP contribution in [-0.4, -0.2) is 13.4 Å². The topological polar surface area (TPSA) is 0 Å². The van der Waals surface area contributed by atoms with Crippen LogP contribution in [0.1, 0.15) is 230 Å². The zero-order valence-corrected chi connectivity index (χ0v) is 45.6. The molecule has 2 heteroatoms. The molecule has 0 nitrogen and oxygen atoms in total. The highest BCUT2D eigenvalue weighted by molar-refractivity contribution is 6.75. The van der Waals surface area contributed by atoms with Crippen molar-refractivity contribution in [1.29, 1.82) is 0 Å². The highest BCUT2D eigenvalue weighted by Crippen LogP contribution is 2.58. The van der Waals surface area contributed by atoms with Crippen molar-refractivity contribution in [3.05, 3.63) is 117 Å². The van der Waals surface area contributed by atoms with Crippen molar-refractivity contribution in [2.75, 3.05) is 0 Å². The summed E-state index contributed by atoms with van der Waals surface area (Å²) < 4.78 is 0. The maximum atomic E-state index is 2.79. The van der Waals surface area contributed by atoms with Crippen molar-refractivity contribution < 1.29 is 0 Å². The molecule has 3 aliphatic rings. The summed E-state index contributed by atoms with van der Waals surface area (Å²) in [4.78, 5) is 0. The number of unbranched alkanes of at least 4 members (excludes halogenated alkanes) is 12. The summed E-state index contributed by atoms with van der Waals surface area (Å²) in [6.07, 6.45) is 30.5. The van der Waals surface area contributed by atoms with Gasteiger partial charge >= 0.3 is 0 Å². The van der Waals surface area contributed by atoms with Gasteiger partial charge in [-0.2, -0.15) is 0 Å². The van der Waals surface area contributed by atoms with E-state index in [4.69, 9.17) is 0 Å². The van der Waals surface area contributed by atoms with Gasteiger partial charge in [0.05, 0.1) is 5.41 Å². The standard InChI is InChI=1S/C65H96B2/c1-13-17-21-25-29-49-37-50(30-26-22-18-14-2)40-53(39-49)65(54-41-51(31-27-23-19-15-3)38-52(42-54)32-28-24-20-16-4)59-43-55(66-45-61(5,6)62(7,8)46-66)33-35-57(59)58-36-34-56(44-60(58)65)67-47-63(9,10)64(11,12)48-67/h33-44H,13-32,45-48H2,1-12H3. The summed E-state index contributed by atoms with van der Waals surface area (Å²) in [5.74, 6) is 0. The third kappa shape index (κ3) is 11.2. The Hall–Kier alpha value is -2.99. The van der Waals surface area contributed by atoms with Crippen LogP contribution in [0.25, 0.3) is 11.1 Å². The van der Waals surface area contributed by atoms with Crippen LogP contribution in [0.5, 0.6) is 0 Å². The van der Waals surface area contributed by atoms with E-state index in [1.807, 2.05) is 0 Å². The maximum Gasteiger partial charge on any atom is 0.176 e. The molecule has 0 N–H and O–H groups in total. The van der Waals surface area contributed by atoms with Crippen LogP contribution in [0.3, 0.4) is 0 Å². The second-order valence-corrected chi connectivity index (χ2v) is 25.4. The van der Waals surface area contributed by atoms with Gasteiger partial charge in [0.1, 0.15) is 0 Å². The molecule has 0 aromatic heterocycles. The van der Waals surface area contributed by atoms with Gasteiger partial charge in [0.2, 0.25) is 0 Å². The molecule has 2 fully saturated rings. The fourth-order valence-corrected chi connectivity index (χ4v) is 13.4. The summed E-state index contributed by atoms with van der Waals surface area (Å²) in [6.45, 7) is 30.8. The summed E-state index contributed by atoms with van der Waals surface area (Å²) in [5, 5.41) is 0. The molecular formula is C65H96B2. The Kier molecular flexibility index (Phi) is 17.0. The van der Waals surface area contributed by atoms with E-state index in [1.165, 1.54) is 165 Å². The van der Waals surface area contributed by atoms with Crippen molar-refractivity contribution in [2.24, 2.45) is 21.7 Å². The highest BCUT2D eigenvalue weighted by Gasteiger charge is 2.52. The van der Waals surface area contributed by atoms with E-state index in [-0.39, 0.29) is 0 Å². The van der Waals surface area contributed by atoms with Crippen molar-refractivity contribution in [1.82, 2.24) is 0 Å². The Morgan fingerprint density at radius 3 is 0.896 bits per heavy atom. The van der Waals surface area contributed by atoms with Gasteiger partial charge in [-0.3, -0.25) is 0 Å². The fraction of sp³-hybridized carbons (Fsp3) is 0.631. The van der Waals surface area contributed by atoms with Crippen LogP contribution >= 0.6 is 0 Å². The van der Waals surface area contributed by atoms with Crippen molar-refractivity contribution in [3.8, 4) is 11.1 Å². The van der Waals surface area contributed by atoms with Gasteiger partial charge in [-0.1, -0.05) is 269 Å². The Morgan fingerprint density at radius 1 is 0.343 bits per heavy atom. The molecule has 0 spiro atoms. The Labute approximate surface area is 414 Å². The summed E-state index contributed by atoms with van der Waals surface area (Å²) in [5.41, 5.74) is 19.3. The lowest BCUT2D eigenvalue weighted by molar-refractivity contribution is 0.177. The van der Waals surface area contributed by atoms with Crippen molar-refractivity contribution >= 4 is 24.4 Å². The molecule has 0 bridgehead atoms. The largest absolute Gasteiger partial charge is 0.176 e. The van der Waals surface area contributed by atoms with Crippen LogP contribution in [0.2, 0.25) is 25.3 Å². The van der Waals surface area contributed by atoms with Gasteiger partial charge < -0.3 is 0 Å². The normalized spacial score (nSPS) is 18.4. The first-order valence-corrected chi connectivity index (χ1v) is 28.6. The van der Waals surface area contributed by atoms with E-state index >= 15 is 0 Å². The van der Waals surface area contributed by atoms with Crippen molar-refractivity contribution in [3.63, 3.8) is 0 Å². The van der Waals surface area contributed by atoms with Gasteiger partial charge in [0, 0.05) is 0 Å². The molecule has 362 valence electrons. The van der Waals surface area contributed by atoms with Gasteiger partial charge in [-0.05, 0) is 129 Å². The third-order valence-corrected chi connectivity index (χ3v) is 19.1. The number of hydrogen-bond donors (Lipinski definition) is 0. The van der Waals surface area contributed by atoms with Crippen LogP contribution in [0, 0.1) is 21.7 Å². The van der Waals surface area contributed by atoms with Crippen LogP contribution in [0.4, 0.5) is 0 Å². The lowest BCUT2D eigenvalue weighted by Crippen LogP contribution is -2.35. The Bertz CT molecular complexity index is 2000.